The van der Waals surface area contributed by atoms with Crippen LogP contribution in [0.5, 0.6) is 5.88 Å². The van der Waals surface area contributed by atoms with E-state index in [0.717, 1.165) is 0 Å². The van der Waals surface area contributed by atoms with Gasteiger partial charge in [-0.2, -0.15) is 4.98 Å². The molecule has 1 heterocycles. The van der Waals surface area contributed by atoms with Crippen LogP contribution in [0.25, 0.3) is 0 Å². The lowest BCUT2D eigenvalue weighted by Gasteiger charge is -2.09. The van der Waals surface area contributed by atoms with Crippen molar-refractivity contribution >= 4 is 5.95 Å². The molecule has 14 heavy (non-hydrogen) atoms. The van der Waals surface area contributed by atoms with Gasteiger partial charge in [0.15, 0.2) is 0 Å². The van der Waals surface area contributed by atoms with Crippen molar-refractivity contribution in [2.75, 3.05) is 12.8 Å². The average Bonchev–Trinajstić information content (AvgIpc) is 2.08. The second kappa shape index (κ2) is 4.17. The molecule has 0 atom stereocenters. The molecule has 6 heteroatoms. The van der Waals surface area contributed by atoms with E-state index in [1.165, 1.54) is 7.11 Å². The Morgan fingerprint density at radius 3 is 2.57 bits per heavy atom. The molecule has 2 N–H and O–H groups in total. The predicted octanol–water partition coefficient (Wildman–Crippen LogP) is 1.18. The molecule has 0 amide bonds. The fourth-order valence-corrected chi connectivity index (χ4v) is 1.15. The second-order valence-corrected chi connectivity index (χ2v) is 2.75. The zero-order valence-electron chi connectivity index (χ0n) is 7.92. The summed E-state index contributed by atoms with van der Waals surface area (Å²) >= 11 is 0. The molecule has 0 aromatic carbocycles. The number of nitrogens with zero attached hydrogens (tertiary/aromatic N) is 2. The Kier molecular flexibility index (Phi) is 3.16. The number of rotatable bonds is 3. The summed E-state index contributed by atoms with van der Waals surface area (Å²) in [6.07, 6.45) is -2.87. The van der Waals surface area contributed by atoms with Gasteiger partial charge in [0.1, 0.15) is 0 Å². The van der Waals surface area contributed by atoms with Crippen molar-refractivity contribution in [1.82, 2.24) is 9.97 Å². The molecular weight excluding hydrogens is 192 g/mol. The Hall–Kier alpha value is -1.46. The number of anilines is 1. The molecule has 1 rings (SSSR count). The minimum Gasteiger partial charge on any atom is -0.481 e. The van der Waals surface area contributed by atoms with Gasteiger partial charge in [0.2, 0.25) is 18.3 Å². The van der Waals surface area contributed by atoms with E-state index < -0.39 is 12.8 Å². The minimum absolute atomic E-state index is 0.0253. The number of nitrogen functional groups attached to an aromatic ring is 1. The molecule has 0 saturated carbocycles. The van der Waals surface area contributed by atoms with Crippen molar-refractivity contribution in [3.05, 3.63) is 11.3 Å². The summed E-state index contributed by atoms with van der Waals surface area (Å²) in [6, 6.07) is 0. The Morgan fingerprint density at radius 2 is 2.07 bits per heavy atom. The number of aryl methyl sites for hydroxylation is 1. The van der Waals surface area contributed by atoms with Gasteiger partial charge in [-0.25, -0.2) is 13.8 Å². The van der Waals surface area contributed by atoms with Gasteiger partial charge in [0.25, 0.3) is 0 Å². The molecule has 0 fully saturated rings. The molecule has 0 aliphatic heterocycles. The van der Waals surface area contributed by atoms with Gasteiger partial charge >= 0.3 is 0 Å². The fraction of sp³-hybridized carbons (Fsp3) is 0.500. The Bertz CT molecular complexity index is 331. The molecule has 0 aliphatic rings. The third-order valence-corrected chi connectivity index (χ3v) is 1.75. The SMILES string of the molecule is COc1nc(N)nc(C)c1CC(F)F. The molecule has 1 aromatic heterocycles. The first kappa shape index (κ1) is 10.6. The van der Waals surface area contributed by atoms with Gasteiger partial charge in [0.05, 0.1) is 12.8 Å². The molecule has 1 aromatic rings. The number of halogens is 2. The summed E-state index contributed by atoms with van der Waals surface area (Å²) in [5.41, 5.74) is 6.07. The highest BCUT2D eigenvalue weighted by Crippen LogP contribution is 2.21. The standard InChI is InChI=1S/C8H11F2N3O/c1-4-5(3-6(9)10)7(14-2)13-8(11)12-4/h6H,3H2,1-2H3,(H2,11,12,13). The van der Waals surface area contributed by atoms with Gasteiger partial charge in [-0.1, -0.05) is 0 Å². The quantitative estimate of drug-likeness (QED) is 0.801. The summed E-state index contributed by atoms with van der Waals surface area (Å²) in [6.45, 7) is 1.60. The van der Waals surface area contributed by atoms with Crippen molar-refractivity contribution in [1.29, 1.82) is 0 Å². The number of methoxy groups -OCH3 is 1. The van der Waals surface area contributed by atoms with Crippen LogP contribution in [0.2, 0.25) is 0 Å². The van der Waals surface area contributed by atoms with Gasteiger partial charge in [-0.15, -0.1) is 0 Å². The summed E-state index contributed by atoms with van der Waals surface area (Å²) in [7, 11) is 1.36. The van der Waals surface area contributed by atoms with Gasteiger partial charge in [-0.05, 0) is 6.92 Å². The molecule has 0 radical (unpaired) electrons. The van der Waals surface area contributed by atoms with E-state index in [9.17, 15) is 8.78 Å². The van der Waals surface area contributed by atoms with E-state index in [-0.39, 0.29) is 11.8 Å². The van der Waals surface area contributed by atoms with E-state index in [0.29, 0.717) is 11.3 Å². The largest absolute Gasteiger partial charge is 0.481 e. The van der Waals surface area contributed by atoms with Crippen LogP contribution in [-0.2, 0) is 6.42 Å². The van der Waals surface area contributed by atoms with Crippen molar-refractivity contribution in [3.63, 3.8) is 0 Å². The van der Waals surface area contributed by atoms with Crippen LogP contribution < -0.4 is 10.5 Å². The zero-order valence-corrected chi connectivity index (χ0v) is 7.92. The maximum Gasteiger partial charge on any atom is 0.242 e. The van der Waals surface area contributed by atoms with Crippen LogP contribution in [0.4, 0.5) is 14.7 Å². The maximum absolute atomic E-state index is 12.2. The van der Waals surface area contributed by atoms with Crippen molar-refractivity contribution in [2.24, 2.45) is 0 Å². The van der Waals surface area contributed by atoms with Crippen LogP contribution >= 0.6 is 0 Å². The lowest BCUT2D eigenvalue weighted by molar-refractivity contribution is 0.147. The van der Waals surface area contributed by atoms with Crippen LogP contribution in [0, 0.1) is 6.92 Å². The number of hydrogen-bond donors (Lipinski definition) is 1. The lowest BCUT2D eigenvalue weighted by Crippen LogP contribution is -2.08. The Morgan fingerprint density at radius 1 is 1.43 bits per heavy atom. The van der Waals surface area contributed by atoms with Gasteiger partial charge < -0.3 is 10.5 Å². The van der Waals surface area contributed by atoms with Gasteiger partial charge in [-0.3, -0.25) is 0 Å². The zero-order chi connectivity index (χ0) is 10.7. The van der Waals surface area contributed by atoms with E-state index >= 15 is 0 Å². The molecule has 0 unspecified atom stereocenters. The number of ether oxygens (including phenoxy) is 1. The number of hydrogen-bond acceptors (Lipinski definition) is 4. The van der Waals surface area contributed by atoms with Crippen LogP contribution in [-0.4, -0.2) is 23.5 Å². The fourth-order valence-electron chi connectivity index (χ4n) is 1.15. The van der Waals surface area contributed by atoms with E-state index in [1.54, 1.807) is 6.92 Å². The number of aromatic nitrogens is 2. The minimum atomic E-state index is -2.45. The van der Waals surface area contributed by atoms with E-state index in [1.807, 2.05) is 0 Å². The summed E-state index contributed by atoms with van der Waals surface area (Å²) in [4.78, 5) is 7.51. The average molecular weight is 203 g/mol. The molecule has 4 nitrogen and oxygen atoms in total. The smallest absolute Gasteiger partial charge is 0.242 e. The highest BCUT2D eigenvalue weighted by atomic mass is 19.3. The molecule has 0 saturated heterocycles. The Balaban J connectivity index is 3.11. The first-order chi connectivity index (χ1) is 6.54. The van der Waals surface area contributed by atoms with Crippen molar-refractivity contribution in [2.45, 2.75) is 19.8 Å². The molecular formula is C8H11F2N3O. The third kappa shape index (κ3) is 2.27. The Labute approximate surface area is 80.1 Å². The van der Waals surface area contributed by atoms with Crippen LogP contribution in [0.1, 0.15) is 11.3 Å². The lowest BCUT2D eigenvalue weighted by atomic mass is 10.2. The van der Waals surface area contributed by atoms with E-state index in [2.05, 4.69) is 9.97 Å². The van der Waals surface area contributed by atoms with E-state index in [4.69, 9.17) is 10.5 Å². The normalized spacial score (nSPS) is 10.6. The highest BCUT2D eigenvalue weighted by molar-refractivity contribution is 5.35. The highest BCUT2D eigenvalue weighted by Gasteiger charge is 2.15. The first-order valence-electron chi connectivity index (χ1n) is 3.99. The molecule has 0 aliphatic carbocycles. The number of nitrogens with two attached hydrogens (primary N) is 1. The predicted molar refractivity (Wildman–Crippen MR) is 47.4 cm³/mol. The maximum atomic E-state index is 12.2. The molecule has 78 valence electrons. The second-order valence-electron chi connectivity index (χ2n) is 2.75. The van der Waals surface area contributed by atoms with Gasteiger partial charge in [0, 0.05) is 12.0 Å². The van der Waals surface area contributed by atoms with Crippen LogP contribution in [0.15, 0.2) is 0 Å². The molecule has 0 bridgehead atoms. The topological polar surface area (TPSA) is 61.0 Å². The summed E-state index contributed by atoms with van der Waals surface area (Å²) in [5, 5.41) is 0. The van der Waals surface area contributed by atoms with Crippen molar-refractivity contribution in [3.8, 4) is 5.88 Å². The third-order valence-electron chi connectivity index (χ3n) is 1.75. The first-order valence-corrected chi connectivity index (χ1v) is 3.99. The van der Waals surface area contributed by atoms with Crippen LogP contribution in [0.3, 0.4) is 0 Å². The summed E-state index contributed by atoms with van der Waals surface area (Å²) in [5.74, 6) is 0.146. The van der Waals surface area contributed by atoms with Crippen molar-refractivity contribution < 1.29 is 13.5 Å². The monoisotopic (exact) mass is 203 g/mol. The number of alkyl halides is 2. The summed E-state index contributed by atoms with van der Waals surface area (Å²) < 4.78 is 29.2. The molecule has 0 spiro atoms.